The van der Waals surface area contributed by atoms with E-state index in [2.05, 4.69) is 187 Å². The highest BCUT2D eigenvalue weighted by atomic mass is 16.6. The predicted molar refractivity (Wildman–Crippen MR) is 506 cm³/mol. The third kappa shape index (κ3) is 9.54. The number of ether oxygens (including phenoxy) is 4. The van der Waals surface area contributed by atoms with E-state index in [4.69, 9.17) is 18.9 Å². The maximum absolute atomic E-state index is 11.1. The van der Waals surface area contributed by atoms with Crippen LogP contribution in [0.1, 0.15) is 217 Å². The number of benzene rings is 4. The third-order valence-electron chi connectivity index (χ3n) is 45.0. The number of aliphatic hydroxyl groups is 9. The van der Waals surface area contributed by atoms with Gasteiger partial charge in [-0.15, -0.1) is 0 Å². The topological polar surface area (TPSA) is 271 Å². The van der Waals surface area contributed by atoms with Crippen LogP contribution in [0, 0.1) is 80.8 Å². The summed E-state index contributed by atoms with van der Waals surface area (Å²) in [4.78, 5) is 17.5. The van der Waals surface area contributed by atoms with Gasteiger partial charge in [0.15, 0.2) is 0 Å². The van der Waals surface area contributed by atoms with E-state index < -0.39 is 71.2 Å². The number of pyridine rings is 4. The normalized spacial score (nSPS) is 50.3. The van der Waals surface area contributed by atoms with Crippen molar-refractivity contribution in [2.45, 2.75) is 316 Å². The van der Waals surface area contributed by atoms with Gasteiger partial charge in [-0.3, -0.25) is 19.9 Å². The van der Waals surface area contributed by atoms with E-state index in [0.717, 1.165) is 108 Å². The minimum Gasteiger partial charge on any atom is -0.393 e. The molecule has 13 saturated carbocycles. The van der Waals surface area contributed by atoms with Crippen molar-refractivity contribution in [3.05, 3.63) is 262 Å². The zero-order valence-electron chi connectivity index (χ0n) is 77.3. The smallest absolute Gasteiger partial charge is 0.122 e. The molecule has 8 spiro atoms. The lowest BCUT2D eigenvalue weighted by Crippen LogP contribution is -2.67. The van der Waals surface area contributed by atoms with Gasteiger partial charge in [0.25, 0.3) is 0 Å². The summed E-state index contributed by atoms with van der Waals surface area (Å²) in [6, 6.07) is 36.4. The number of aliphatic hydroxyl groups excluding tert-OH is 9. The number of hydrogen-bond acceptors (Lipinski definition) is 17. The minimum atomic E-state index is -1.44. The molecule has 8 bridgehead atoms. The second kappa shape index (κ2) is 26.1. The van der Waals surface area contributed by atoms with Crippen molar-refractivity contribution >= 4 is 43.1 Å². The van der Waals surface area contributed by atoms with Crippen LogP contribution in [-0.2, 0) is 40.6 Å². The number of aromatic nitrogens is 4. The average Bonchev–Trinajstić information content (AvgIpc) is 1.48. The Bertz CT molecular complexity index is 6540. The van der Waals surface area contributed by atoms with Gasteiger partial charge in [-0.05, 0) is 378 Å². The summed E-state index contributed by atoms with van der Waals surface area (Å²) in [5.41, 5.74) is 13.0. The lowest BCUT2D eigenvalue weighted by Gasteiger charge is -2.57. The van der Waals surface area contributed by atoms with Gasteiger partial charge in [0.2, 0.25) is 0 Å². The molecule has 17 aliphatic carbocycles. The van der Waals surface area contributed by atoms with Gasteiger partial charge >= 0.3 is 0 Å². The quantitative estimate of drug-likeness (QED) is 0.0792. The number of rotatable bonds is 4. The van der Waals surface area contributed by atoms with Crippen molar-refractivity contribution in [2.75, 3.05) is 0 Å². The Labute approximate surface area is 782 Å². The molecule has 134 heavy (non-hydrogen) atoms. The molecule has 17 fully saturated rings. The molecule has 0 amide bonds. The van der Waals surface area contributed by atoms with Crippen LogP contribution < -0.4 is 0 Å². The Morgan fingerprint density at radius 1 is 0.313 bits per heavy atom. The largest absolute Gasteiger partial charge is 0.393 e. The fraction of sp³-hybridized carbons (Fsp3) is 0.556. The summed E-state index contributed by atoms with van der Waals surface area (Å²) in [5, 5.41) is 107. The molecule has 12 heterocycles. The molecule has 25 aliphatic rings. The molecule has 7 unspecified atom stereocenters. The molecule has 4 aromatic heterocycles. The maximum atomic E-state index is 11.1. The van der Waals surface area contributed by atoms with Crippen LogP contribution in [0.3, 0.4) is 0 Å². The first-order valence-corrected chi connectivity index (χ1v) is 51.6. The molecule has 17 nitrogen and oxygen atoms in total. The van der Waals surface area contributed by atoms with Crippen LogP contribution in [-0.4, -0.2) is 166 Å². The van der Waals surface area contributed by atoms with Gasteiger partial charge in [-0.2, -0.15) is 0 Å². The van der Waals surface area contributed by atoms with E-state index in [1.54, 1.807) is 5.57 Å². The van der Waals surface area contributed by atoms with E-state index in [-0.39, 0.29) is 77.7 Å². The molecule has 690 valence electrons. The number of fused-ring (bicyclic) bond motifs is 18. The predicted octanol–water partition coefficient (Wildman–Crippen LogP) is 17.2. The van der Waals surface area contributed by atoms with E-state index in [0.29, 0.717) is 72.2 Å². The Kier molecular flexibility index (Phi) is 16.0. The van der Waals surface area contributed by atoms with Crippen LogP contribution in [0.4, 0.5) is 0 Å². The summed E-state index contributed by atoms with van der Waals surface area (Å²) >= 11 is 0. The first kappa shape index (κ1) is 81.9. The zero-order valence-corrected chi connectivity index (χ0v) is 77.3. The Balaban J connectivity index is 0.0000000853. The number of allylic oxidation sites excluding steroid dienone is 4. The third-order valence-corrected chi connectivity index (χ3v) is 45.0. The van der Waals surface area contributed by atoms with Gasteiger partial charge in [0.05, 0.1) is 46.3 Å². The van der Waals surface area contributed by atoms with Gasteiger partial charge in [0, 0.05) is 99.2 Å². The van der Waals surface area contributed by atoms with Crippen LogP contribution in [0.2, 0.25) is 0 Å². The fourth-order valence-corrected chi connectivity index (χ4v) is 38.2. The molecular formula is C117H124N4O13. The van der Waals surface area contributed by atoms with E-state index >= 15 is 0 Å². The Morgan fingerprint density at radius 3 is 1.04 bits per heavy atom. The molecule has 33 rings (SSSR count). The average molecular weight is 1790 g/mol. The summed E-state index contributed by atoms with van der Waals surface area (Å²) < 4.78 is 28.5. The van der Waals surface area contributed by atoms with Crippen LogP contribution in [0.15, 0.2) is 240 Å². The Hall–Kier alpha value is -8.08. The number of nitrogens with zero attached hydrogens (tertiary/aromatic N) is 4. The monoisotopic (exact) mass is 1790 g/mol. The van der Waals surface area contributed by atoms with Crippen molar-refractivity contribution in [1.82, 2.24) is 19.9 Å². The number of hydrogen-bond donors (Lipinski definition) is 9. The lowest BCUT2D eigenvalue weighted by atomic mass is 9.55. The van der Waals surface area contributed by atoms with E-state index in [1.165, 1.54) is 145 Å². The minimum absolute atomic E-state index is 0.00426. The van der Waals surface area contributed by atoms with Crippen LogP contribution >= 0.6 is 0 Å². The highest BCUT2D eigenvalue weighted by molar-refractivity contribution is 5.86. The molecule has 4 aromatic carbocycles. The fourth-order valence-electron chi connectivity index (χ4n) is 38.2. The summed E-state index contributed by atoms with van der Waals surface area (Å²) in [6.07, 6.45) is 52.0. The molecule has 4 saturated heterocycles. The van der Waals surface area contributed by atoms with Crippen molar-refractivity contribution in [1.29, 1.82) is 0 Å². The highest BCUT2D eigenvalue weighted by Gasteiger charge is 2.85. The molecule has 0 radical (unpaired) electrons. The summed E-state index contributed by atoms with van der Waals surface area (Å²) in [5.74, 6) is 5.54. The van der Waals surface area contributed by atoms with E-state index in [1.807, 2.05) is 55.7 Å². The van der Waals surface area contributed by atoms with Crippen molar-refractivity contribution in [3.63, 3.8) is 0 Å². The van der Waals surface area contributed by atoms with Crippen molar-refractivity contribution in [2.24, 2.45) is 80.8 Å². The first-order chi connectivity index (χ1) is 64.6. The van der Waals surface area contributed by atoms with E-state index in [9.17, 15) is 46.0 Å². The molecule has 35 atom stereocenters. The second-order valence-electron chi connectivity index (χ2n) is 48.9. The molecular weight excluding hydrogens is 1670 g/mol. The van der Waals surface area contributed by atoms with Crippen molar-refractivity contribution in [3.8, 4) is 0 Å². The SMILES string of the molecule is C[C@]12CC=C3C=C4C(O)C(O)[C@@H](O)C(O)[C@]45CCC3(O5)[C@@H]1C[C@H]1C[C@]12c1ccc2ccncc2c1.C[C@]12CC=C3C=C4CC[C@@H](O)[C@@H](O)[C@]45CCC3(O5)[C@@H]1C[C@H]1C[C@]12c1ccc2ccncc2c1.C[C@]12CC=C3C=C4CC[C@@H](O)[C@H](O)[C@]45CCC3(O5)[C@@H]1C[C@H]1C[C@]12c1ccc2ccncc2c1.C[C@]12CC=C3C=C4[C@H]5C[C@H]5[C@@H](O)C[C@]45CCC3(O5)[C@@H]1C[C@H]1C[C@]12c1ccc2ccncc2c1. The van der Waals surface area contributed by atoms with Gasteiger partial charge in [-0.25, -0.2) is 0 Å². The molecule has 8 aliphatic heterocycles. The van der Waals surface area contributed by atoms with Crippen LogP contribution in [0.25, 0.3) is 43.1 Å². The zero-order chi connectivity index (χ0) is 90.2. The van der Waals surface area contributed by atoms with Gasteiger partial charge in [-0.1, -0.05) is 125 Å². The van der Waals surface area contributed by atoms with Gasteiger partial charge in [0.1, 0.15) is 53.4 Å². The highest BCUT2D eigenvalue weighted by Crippen LogP contribution is 2.87. The van der Waals surface area contributed by atoms with Gasteiger partial charge < -0.3 is 64.9 Å². The molecule has 17 heteroatoms. The van der Waals surface area contributed by atoms with Crippen molar-refractivity contribution < 1.29 is 64.9 Å². The Morgan fingerprint density at radius 2 is 0.649 bits per heavy atom. The first-order valence-electron chi connectivity index (χ1n) is 51.6. The molecule has 9 N–H and O–H groups in total. The second-order valence-corrected chi connectivity index (χ2v) is 48.9. The summed E-state index contributed by atoms with van der Waals surface area (Å²) in [7, 11) is 0. The maximum Gasteiger partial charge on any atom is 0.122 e. The summed E-state index contributed by atoms with van der Waals surface area (Å²) in [6.45, 7) is 10.0. The lowest BCUT2D eigenvalue weighted by molar-refractivity contribution is -0.228. The van der Waals surface area contributed by atoms with Crippen LogP contribution in [0.5, 0.6) is 0 Å². The molecule has 8 aromatic rings. The standard InChI is InChI=1S/C30H31NO2.C29H31NO5.2C29H31NO3/c1-27-6-4-20-11-24-22-13-23(22)25(32)15-28(24)7-8-30(20,33-28)26(27)12-21-14-29(21,27)19-3-2-17-5-9-31-16-18(17)10-19;1-26-6-4-18-11-20-22(31)23(32)24(33)25(34)29(20)8-7-28(18,35-29)21(26)12-19-13-27(19,26)17-3-2-15-5-9-30-14-16(15)10-17;2*1-26-8-6-21-13-20-4-5-23(31)25(32)29(20)10-9-28(21,33-29)24(26)14-22-15-27(22,26)19-3-2-17-7-11-30-16-18(17)12-19/h2-5,9-11,16,21-23,25-26,32H,6-8,12-15H2,1H3;2-5,9-11,14,19,21-25,31-34H,6-8,12-13H2,1H3;2*2-3,6-7,11-13,16,22-25,31-32H,4-5,8-10,14-15H2,1H3/t21-,22-,23+,25-,26+,27-,28+,29-,30?;19-,21+,22?,23?,24+,25?,26-,27-,28?,29-;22-,23+,24+,25+,26-,27-,28?,29-;22-,23+,24+,25-,26-,27-,28?,29-/m0000/s1.